The molecule has 1 heterocycles. The summed E-state index contributed by atoms with van der Waals surface area (Å²) >= 11 is 0. The first-order valence-electron chi connectivity index (χ1n) is 19.0. The highest BCUT2D eigenvalue weighted by atomic mass is 15.2. The average molecular weight is 683 g/mol. The molecule has 2 unspecified atom stereocenters. The Morgan fingerprint density at radius 3 is 1.96 bits per heavy atom. The minimum atomic E-state index is -0.0315. The van der Waals surface area contributed by atoms with Gasteiger partial charge in [0.1, 0.15) is 0 Å². The van der Waals surface area contributed by atoms with E-state index in [0.717, 1.165) is 24.2 Å². The summed E-state index contributed by atoms with van der Waals surface area (Å²) < 4.78 is 0. The zero-order valence-corrected chi connectivity index (χ0v) is 30.3. The summed E-state index contributed by atoms with van der Waals surface area (Å²) in [5, 5.41) is 0. The molecular formula is C51H42N2. The lowest BCUT2D eigenvalue weighted by atomic mass is 9.80. The van der Waals surface area contributed by atoms with Crippen molar-refractivity contribution in [3.05, 3.63) is 204 Å². The van der Waals surface area contributed by atoms with Crippen LogP contribution in [0.4, 0.5) is 28.4 Å². The standard InChI is InChI=1S/C51H42N2/c1-51(2)47-19-11-9-17-43(47)44-31-30-42(34-48(44)51)52(40-26-21-36(22-27-40)35-13-5-3-6-14-35)41-28-23-37(24-29-41)38-25-32-50-46(33-38)45-18-10-12-20-49(45)53(50)39-15-7-4-8-16-39/h3-8,10-16,18-34,45,49H,9,17H2,1-2H3. The van der Waals surface area contributed by atoms with Gasteiger partial charge in [0.05, 0.1) is 6.04 Å². The Morgan fingerprint density at radius 1 is 0.604 bits per heavy atom. The van der Waals surface area contributed by atoms with Gasteiger partial charge >= 0.3 is 0 Å². The monoisotopic (exact) mass is 682 g/mol. The molecule has 0 saturated carbocycles. The molecule has 0 N–H and O–H groups in total. The molecule has 1 aliphatic heterocycles. The van der Waals surface area contributed by atoms with E-state index in [1.807, 2.05) is 0 Å². The fourth-order valence-corrected chi connectivity index (χ4v) is 9.22. The smallest absolute Gasteiger partial charge is 0.0629 e. The largest absolute Gasteiger partial charge is 0.333 e. The van der Waals surface area contributed by atoms with E-state index in [1.54, 1.807) is 0 Å². The van der Waals surface area contributed by atoms with Crippen LogP contribution in [0.5, 0.6) is 0 Å². The number of benzene rings is 6. The fourth-order valence-electron chi connectivity index (χ4n) is 9.22. The molecule has 2 atom stereocenters. The summed E-state index contributed by atoms with van der Waals surface area (Å²) in [4.78, 5) is 4.92. The van der Waals surface area contributed by atoms with E-state index < -0.39 is 0 Å². The van der Waals surface area contributed by atoms with Gasteiger partial charge < -0.3 is 9.80 Å². The van der Waals surface area contributed by atoms with E-state index in [9.17, 15) is 0 Å². The van der Waals surface area contributed by atoms with Crippen molar-refractivity contribution < 1.29 is 0 Å². The summed E-state index contributed by atoms with van der Waals surface area (Å²) in [6.45, 7) is 4.78. The van der Waals surface area contributed by atoms with Crippen molar-refractivity contribution in [1.82, 2.24) is 0 Å². The Kier molecular flexibility index (Phi) is 7.47. The van der Waals surface area contributed by atoms with Crippen molar-refractivity contribution >= 4 is 34.0 Å². The summed E-state index contributed by atoms with van der Waals surface area (Å²) in [5.41, 5.74) is 18.1. The van der Waals surface area contributed by atoms with Crippen LogP contribution in [0.3, 0.4) is 0 Å². The lowest BCUT2D eigenvalue weighted by Gasteiger charge is -2.29. The second kappa shape index (κ2) is 12.5. The van der Waals surface area contributed by atoms with Gasteiger partial charge in [-0.3, -0.25) is 0 Å². The summed E-state index contributed by atoms with van der Waals surface area (Å²) in [6, 6.07) is 54.1. The van der Waals surface area contributed by atoms with Gasteiger partial charge in [-0.05, 0) is 124 Å². The molecule has 0 amide bonds. The van der Waals surface area contributed by atoms with Crippen LogP contribution in [0.25, 0.3) is 27.8 Å². The fraction of sp³-hybridized carbons (Fsp3) is 0.137. The maximum Gasteiger partial charge on any atom is 0.0629 e. The molecule has 2 heteroatoms. The predicted octanol–water partition coefficient (Wildman–Crippen LogP) is 13.6. The molecule has 10 rings (SSSR count). The molecule has 3 aliphatic carbocycles. The first-order valence-corrected chi connectivity index (χ1v) is 19.0. The highest BCUT2D eigenvalue weighted by Gasteiger charge is 2.39. The van der Waals surface area contributed by atoms with Crippen LogP contribution in [0.15, 0.2) is 188 Å². The van der Waals surface area contributed by atoms with Crippen LogP contribution < -0.4 is 9.80 Å². The minimum Gasteiger partial charge on any atom is -0.333 e. The Bertz CT molecular complexity index is 2460. The normalized spacial score (nSPS) is 18.8. The molecule has 2 nitrogen and oxygen atoms in total. The van der Waals surface area contributed by atoms with Crippen LogP contribution in [0, 0.1) is 0 Å². The third-order valence-electron chi connectivity index (χ3n) is 11.9. The topological polar surface area (TPSA) is 6.48 Å². The van der Waals surface area contributed by atoms with E-state index in [-0.39, 0.29) is 11.5 Å². The molecule has 0 aromatic heterocycles. The number of para-hydroxylation sites is 1. The van der Waals surface area contributed by atoms with E-state index in [2.05, 4.69) is 206 Å². The zero-order chi connectivity index (χ0) is 35.5. The maximum absolute atomic E-state index is 2.49. The summed E-state index contributed by atoms with van der Waals surface area (Å²) in [7, 11) is 0. The van der Waals surface area contributed by atoms with Crippen LogP contribution >= 0.6 is 0 Å². The van der Waals surface area contributed by atoms with Gasteiger partial charge in [0.25, 0.3) is 0 Å². The lowest BCUT2D eigenvalue weighted by Crippen LogP contribution is -2.28. The number of rotatable bonds is 6. The van der Waals surface area contributed by atoms with Gasteiger partial charge in [0, 0.05) is 39.8 Å². The highest BCUT2D eigenvalue weighted by molar-refractivity contribution is 5.87. The SMILES string of the molecule is CC1(C)C2=C(CCC=C2)c2ccc(N(c3ccc(-c4ccccc4)cc3)c3ccc(-c4ccc5c(c4)C4C=CC=CC4N5c4ccccc4)cc3)cc21. The van der Waals surface area contributed by atoms with E-state index in [4.69, 9.17) is 0 Å². The molecular weight excluding hydrogens is 641 g/mol. The summed E-state index contributed by atoms with van der Waals surface area (Å²) in [5.74, 6) is 0.323. The van der Waals surface area contributed by atoms with E-state index >= 15 is 0 Å². The Hall–Kier alpha value is -6.12. The van der Waals surface area contributed by atoms with Gasteiger partial charge in [0.15, 0.2) is 0 Å². The molecule has 0 saturated heterocycles. The Morgan fingerprint density at radius 2 is 1.23 bits per heavy atom. The van der Waals surface area contributed by atoms with Crippen LogP contribution in [0.1, 0.15) is 49.3 Å². The van der Waals surface area contributed by atoms with Crippen LogP contribution in [0.2, 0.25) is 0 Å². The highest BCUT2D eigenvalue weighted by Crippen LogP contribution is 2.52. The predicted molar refractivity (Wildman–Crippen MR) is 224 cm³/mol. The quantitative estimate of drug-likeness (QED) is 0.173. The molecule has 0 radical (unpaired) electrons. The van der Waals surface area contributed by atoms with Gasteiger partial charge in [-0.1, -0.05) is 135 Å². The number of hydrogen-bond donors (Lipinski definition) is 0. The second-order valence-electron chi connectivity index (χ2n) is 15.2. The van der Waals surface area contributed by atoms with Crippen molar-refractivity contribution in [2.24, 2.45) is 0 Å². The van der Waals surface area contributed by atoms with Crippen LogP contribution in [-0.2, 0) is 5.41 Å². The minimum absolute atomic E-state index is 0.0315. The molecule has 53 heavy (non-hydrogen) atoms. The maximum atomic E-state index is 2.49. The third kappa shape index (κ3) is 5.24. The second-order valence-corrected chi connectivity index (χ2v) is 15.2. The van der Waals surface area contributed by atoms with Crippen molar-refractivity contribution in [2.45, 2.75) is 44.1 Å². The third-order valence-corrected chi connectivity index (χ3v) is 11.9. The molecule has 6 aromatic rings. The van der Waals surface area contributed by atoms with E-state index in [0.29, 0.717) is 5.92 Å². The molecule has 256 valence electrons. The molecule has 0 fully saturated rings. The van der Waals surface area contributed by atoms with Crippen molar-refractivity contribution in [3.63, 3.8) is 0 Å². The molecule has 0 spiro atoms. The summed E-state index contributed by atoms with van der Waals surface area (Å²) in [6.07, 6.45) is 16.0. The van der Waals surface area contributed by atoms with Gasteiger partial charge in [-0.25, -0.2) is 0 Å². The van der Waals surface area contributed by atoms with Crippen LogP contribution in [-0.4, -0.2) is 6.04 Å². The molecule has 4 aliphatic rings. The Balaban J connectivity index is 1.03. The molecule has 0 bridgehead atoms. The van der Waals surface area contributed by atoms with Gasteiger partial charge in [0.2, 0.25) is 0 Å². The van der Waals surface area contributed by atoms with Gasteiger partial charge in [-0.15, -0.1) is 0 Å². The first-order chi connectivity index (χ1) is 26.0. The Labute approximate surface area is 313 Å². The number of fused-ring (bicyclic) bond motifs is 5. The zero-order valence-electron chi connectivity index (χ0n) is 30.3. The van der Waals surface area contributed by atoms with Crippen molar-refractivity contribution in [2.75, 3.05) is 9.80 Å². The van der Waals surface area contributed by atoms with E-state index in [1.165, 1.54) is 67.2 Å². The number of nitrogens with zero attached hydrogens (tertiary/aromatic N) is 2. The van der Waals surface area contributed by atoms with Crippen molar-refractivity contribution in [1.29, 1.82) is 0 Å². The van der Waals surface area contributed by atoms with Gasteiger partial charge in [-0.2, -0.15) is 0 Å². The number of anilines is 5. The first kappa shape index (κ1) is 31.6. The molecule has 6 aromatic carbocycles. The number of allylic oxidation sites excluding steroid dienone is 6. The van der Waals surface area contributed by atoms with Crippen molar-refractivity contribution in [3.8, 4) is 22.3 Å². The average Bonchev–Trinajstić information content (AvgIpc) is 3.67. The lowest BCUT2D eigenvalue weighted by molar-refractivity contribution is 0.651. The number of hydrogen-bond acceptors (Lipinski definition) is 2.